The number of amides is 1. The minimum Gasteiger partial charge on any atom is -0.350 e. The Labute approximate surface area is 189 Å². The summed E-state index contributed by atoms with van der Waals surface area (Å²) in [5, 5.41) is 1.60. The molecule has 1 amide bonds. The summed E-state index contributed by atoms with van der Waals surface area (Å²) in [6.07, 6.45) is 0. The van der Waals surface area contributed by atoms with Crippen molar-refractivity contribution in [3.8, 4) is 11.1 Å². The molecule has 0 aliphatic carbocycles. The fourth-order valence-electron chi connectivity index (χ4n) is 3.43. The second kappa shape index (κ2) is 9.40. The van der Waals surface area contributed by atoms with Crippen LogP contribution in [0.1, 0.15) is 5.56 Å². The summed E-state index contributed by atoms with van der Waals surface area (Å²) < 4.78 is 54.4. The van der Waals surface area contributed by atoms with E-state index in [1.54, 1.807) is 12.1 Å². The van der Waals surface area contributed by atoms with Gasteiger partial charge in [0.15, 0.2) is 0 Å². The third-order valence-electron chi connectivity index (χ3n) is 5.11. The predicted molar refractivity (Wildman–Crippen MR) is 120 cm³/mol. The predicted octanol–water partition coefficient (Wildman–Crippen LogP) is 4.01. The highest BCUT2D eigenvalue weighted by Crippen LogP contribution is 2.31. The van der Waals surface area contributed by atoms with Crippen LogP contribution in [0.2, 0.25) is 0 Å². The second-order valence-electron chi connectivity index (χ2n) is 7.18. The Kier molecular flexibility index (Phi) is 6.59. The van der Waals surface area contributed by atoms with Crippen LogP contribution in [0.5, 0.6) is 0 Å². The molecule has 1 unspecified atom stereocenters. The molecule has 32 heavy (non-hydrogen) atoms. The lowest BCUT2D eigenvalue weighted by Gasteiger charge is -2.22. The van der Waals surface area contributed by atoms with Crippen LogP contribution < -0.4 is 5.32 Å². The summed E-state index contributed by atoms with van der Waals surface area (Å²) in [5.41, 5.74) is 1.98. The van der Waals surface area contributed by atoms with Gasteiger partial charge in [-0.3, -0.25) is 4.79 Å². The molecule has 166 valence electrons. The van der Waals surface area contributed by atoms with Gasteiger partial charge in [-0.2, -0.15) is 4.31 Å². The quantitative estimate of drug-likeness (QED) is 0.586. The number of carbonyl (C=O) groups is 1. The average Bonchev–Trinajstić information content (AvgIpc) is 3.30. The number of carbonyl (C=O) groups excluding carboxylic acids is 1. The van der Waals surface area contributed by atoms with Crippen LogP contribution in [0.3, 0.4) is 0 Å². The van der Waals surface area contributed by atoms with Gasteiger partial charge < -0.3 is 5.32 Å². The summed E-state index contributed by atoms with van der Waals surface area (Å²) >= 11 is 1.20. The monoisotopic (exact) mass is 474 g/mol. The average molecular weight is 475 g/mol. The molecule has 0 aromatic heterocycles. The van der Waals surface area contributed by atoms with Crippen molar-refractivity contribution < 1.29 is 22.0 Å². The van der Waals surface area contributed by atoms with Crippen molar-refractivity contribution in [3.05, 3.63) is 90.0 Å². The van der Waals surface area contributed by atoms with Gasteiger partial charge in [-0.15, -0.1) is 11.8 Å². The van der Waals surface area contributed by atoms with Gasteiger partial charge in [0.25, 0.3) is 0 Å². The zero-order valence-corrected chi connectivity index (χ0v) is 18.5. The van der Waals surface area contributed by atoms with Crippen LogP contribution in [0.4, 0.5) is 8.78 Å². The van der Waals surface area contributed by atoms with E-state index in [0.717, 1.165) is 27.6 Å². The molecule has 0 radical (unpaired) electrons. The third kappa shape index (κ3) is 4.69. The van der Waals surface area contributed by atoms with Crippen molar-refractivity contribution in [3.63, 3.8) is 0 Å². The van der Waals surface area contributed by atoms with Crippen LogP contribution in [-0.2, 0) is 21.4 Å². The lowest BCUT2D eigenvalue weighted by atomic mass is 10.1. The molecular weight excluding hydrogens is 454 g/mol. The van der Waals surface area contributed by atoms with E-state index in [-0.39, 0.29) is 23.5 Å². The topological polar surface area (TPSA) is 66.5 Å². The molecule has 3 aromatic carbocycles. The van der Waals surface area contributed by atoms with Crippen LogP contribution in [-0.4, -0.2) is 36.3 Å². The Morgan fingerprint density at radius 2 is 1.69 bits per heavy atom. The number of rotatable bonds is 6. The lowest BCUT2D eigenvalue weighted by molar-refractivity contribution is -0.122. The van der Waals surface area contributed by atoms with Gasteiger partial charge >= 0.3 is 0 Å². The number of thioether (sulfide) groups is 1. The van der Waals surface area contributed by atoms with Crippen molar-refractivity contribution in [2.75, 3.05) is 12.3 Å². The smallest absolute Gasteiger partial charge is 0.249 e. The molecule has 1 fully saturated rings. The molecule has 1 N–H and O–H groups in total. The Bertz CT molecular complexity index is 1220. The highest BCUT2D eigenvalue weighted by molar-refractivity contribution is 8.02. The third-order valence-corrected chi connectivity index (χ3v) is 8.32. The molecule has 0 spiro atoms. The maximum atomic E-state index is 13.8. The summed E-state index contributed by atoms with van der Waals surface area (Å²) in [4.78, 5) is 12.8. The molecule has 4 rings (SSSR count). The number of hydrogen-bond acceptors (Lipinski definition) is 4. The van der Waals surface area contributed by atoms with Crippen LogP contribution in [0, 0.1) is 11.6 Å². The van der Waals surface area contributed by atoms with E-state index < -0.39 is 32.9 Å². The Morgan fingerprint density at radius 3 is 2.38 bits per heavy atom. The van der Waals surface area contributed by atoms with Crippen molar-refractivity contribution in [2.45, 2.75) is 16.8 Å². The molecule has 1 atom stereocenters. The van der Waals surface area contributed by atoms with E-state index in [9.17, 15) is 22.0 Å². The number of benzene rings is 3. The van der Waals surface area contributed by atoms with E-state index in [2.05, 4.69) is 5.32 Å². The van der Waals surface area contributed by atoms with E-state index in [4.69, 9.17) is 0 Å². The van der Waals surface area contributed by atoms with Gasteiger partial charge in [0, 0.05) is 30.5 Å². The lowest BCUT2D eigenvalue weighted by Crippen LogP contribution is -2.44. The summed E-state index contributed by atoms with van der Waals surface area (Å²) in [6, 6.07) is 19.2. The fourth-order valence-corrected chi connectivity index (χ4v) is 6.53. The SMILES string of the molecule is O=C(NCc1ccc(F)cc1F)C1SCCN1S(=O)(=O)c1ccc(-c2ccccc2)cc1. The van der Waals surface area contributed by atoms with Crippen molar-refractivity contribution in [1.29, 1.82) is 0 Å². The van der Waals surface area contributed by atoms with Crippen molar-refractivity contribution in [2.24, 2.45) is 0 Å². The Balaban J connectivity index is 1.48. The van der Waals surface area contributed by atoms with E-state index in [1.807, 2.05) is 30.3 Å². The Morgan fingerprint density at radius 1 is 1.00 bits per heavy atom. The second-order valence-corrected chi connectivity index (χ2v) is 10.3. The summed E-state index contributed by atoms with van der Waals surface area (Å²) in [6.45, 7) is 0.0259. The van der Waals surface area contributed by atoms with Crippen molar-refractivity contribution in [1.82, 2.24) is 9.62 Å². The van der Waals surface area contributed by atoms with Gasteiger partial charge in [-0.05, 0) is 29.3 Å². The van der Waals surface area contributed by atoms with Gasteiger partial charge in [-0.25, -0.2) is 17.2 Å². The largest absolute Gasteiger partial charge is 0.350 e. The highest BCUT2D eigenvalue weighted by Gasteiger charge is 2.40. The van der Waals surface area contributed by atoms with Crippen LogP contribution in [0.25, 0.3) is 11.1 Å². The number of nitrogens with zero attached hydrogens (tertiary/aromatic N) is 1. The normalized spacial score (nSPS) is 16.8. The zero-order valence-electron chi connectivity index (χ0n) is 16.9. The first-order chi connectivity index (χ1) is 15.4. The number of sulfonamides is 1. The van der Waals surface area contributed by atoms with Crippen LogP contribution in [0.15, 0.2) is 77.7 Å². The van der Waals surface area contributed by atoms with Gasteiger partial charge in [0.1, 0.15) is 17.0 Å². The molecule has 1 saturated heterocycles. The summed E-state index contributed by atoms with van der Waals surface area (Å²) in [7, 11) is -3.90. The van der Waals surface area contributed by atoms with E-state index in [1.165, 1.54) is 30.0 Å². The number of nitrogens with one attached hydrogen (secondary N) is 1. The molecule has 5 nitrogen and oxygen atoms in total. The first-order valence-corrected chi connectivity index (χ1v) is 12.4. The van der Waals surface area contributed by atoms with E-state index in [0.29, 0.717) is 5.75 Å². The van der Waals surface area contributed by atoms with Gasteiger partial charge in [-0.1, -0.05) is 48.5 Å². The first kappa shape index (κ1) is 22.4. The standard InChI is InChI=1S/C23H20F2N2O3S2/c24-19-9-6-18(21(25)14-19)15-26-22(28)23-27(12-13-31-23)32(29,30)20-10-7-17(8-11-20)16-4-2-1-3-5-16/h1-11,14,23H,12-13,15H2,(H,26,28). The van der Waals surface area contributed by atoms with Crippen LogP contribution >= 0.6 is 11.8 Å². The molecule has 1 aliphatic heterocycles. The maximum absolute atomic E-state index is 13.8. The zero-order chi connectivity index (χ0) is 22.7. The Hall–Kier alpha value is -2.75. The highest BCUT2D eigenvalue weighted by atomic mass is 32.2. The summed E-state index contributed by atoms with van der Waals surface area (Å²) in [5.74, 6) is -1.56. The molecule has 1 heterocycles. The van der Waals surface area contributed by atoms with Crippen molar-refractivity contribution >= 4 is 27.7 Å². The molecular formula is C23H20F2N2O3S2. The number of halogens is 2. The molecule has 3 aromatic rings. The maximum Gasteiger partial charge on any atom is 0.249 e. The minimum atomic E-state index is -3.90. The molecule has 1 aliphatic rings. The van der Waals surface area contributed by atoms with Gasteiger partial charge in [0.2, 0.25) is 15.9 Å². The fraction of sp³-hybridized carbons (Fsp3) is 0.174. The molecule has 9 heteroatoms. The van der Waals surface area contributed by atoms with E-state index >= 15 is 0 Å². The molecule has 0 bridgehead atoms. The first-order valence-electron chi connectivity index (χ1n) is 9.87. The number of hydrogen-bond donors (Lipinski definition) is 1. The van der Waals surface area contributed by atoms with Gasteiger partial charge in [0.05, 0.1) is 4.90 Å². The minimum absolute atomic E-state index is 0.0991. The molecule has 0 saturated carbocycles.